The number of alkyl halides is 6. The minimum atomic E-state index is -5.73. The van der Waals surface area contributed by atoms with Crippen LogP contribution >= 0.6 is 0 Å². The van der Waals surface area contributed by atoms with Gasteiger partial charge in [0.1, 0.15) is 0 Å². The van der Waals surface area contributed by atoms with Crippen LogP contribution < -0.4 is 4.90 Å². The maximum atomic E-state index is 12.8. The molecule has 0 bridgehead atoms. The van der Waals surface area contributed by atoms with Crippen molar-refractivity contribution in [3.63, 3.8) is 0 Å². The Morgan fingerprint density at radius 2 is 1.65 bits per heavy atom. The van der Waals surface area contributed by atoms with Crippen molar-refractivity contribution in [2.75, 3.05) is 44.2 Å². The topological polar surface area (TPSA) is 53.8 Å². The third kappa shape index (κ3) is 6.18. The molecule has 13 heteroatoms. The molecule has 5 rings (SSSR count). The van der Waals surface area contributed by atoms with E-state index in [2.05, 4.69) is 32.7 Å². The zero-order chi connectivity index (χ0) is 28.7. The number of anilines is 1. The number of nitrogens with zero attached hydrogens (tertiary/aromatic N) is 5. The molecule has 3 fully saturated rings. The third-order valence-electron chi connectivity index (χ3n) is 8.03. The first-order valence-corrected chi connectivity index (χ1v) is 13.7. The largest absolute Gasteiger partial charge is 0.434 e. The average molecular weight is 574 g/mol. The van der Waals surface area contributed by atoms with Crippen molar-refractivity contribution >= 4 is 11.8 Å². The summed E-state index contributed by atoms with van der Waals surface area (Å²) in [6.07, 6.45) is -11.5. The molecule has 4 heterocycles. The predicted molar refractivity (Wildman–Crippen MR) is 136 cm³/mol. The summed E-state index contributed by atoms with van der Waals surface area (Å²) in [5.41, 5.74) is 4.15. The summed E-state index contributed by atoms with van der Waals surface area (Å²) >= 11 is 0. The van der Waals surface area contributed by atoms with Crippen molar-refractivity contribution < 1.29 is 35.9 Å². The number of aromatic nitrogens is 2. The number of ether oxygens (including phenoxy) is 1. The molecule has 1 amide bonds. The summed E-state index contributed by atoms with van der Waals surface area (Å²) < 4.78 is 82.7. The van der Waals surface area contributed by atoms with Gasteiger partial charge in [-0.1, -0.05) is 12.1 Å². The fourth-order valence-electron chi connectivity index (χ4n) is 6.09. The van der Waals surface area contributed by atoms with Gasteiger partial charge in [0.2, 0.25) is 0 Å². The molecule has 220 valence electrons. The quantitative estimate of drug-likeness (QED) is 0.424. The number of hydrogen-bond acceptors (Lipinski definition) is 5. The second-order valence-corrected chi connectivity index (χ2v) is 10.9. The number of benzene rings is 1. The van der Waals surface area contributed by atoms with E-state index in [0.29, 0.717) is 26.2 Å². The van der Waals surface area contributed by atoms with E-state index in [4.69, 9.17) is 5.10 Å². The minimum absolute atomic E-state index is 0.0569. The highest BCUT2D eigenvalue weighted by Gasteiger charge is 2.60. The van der Waals surface area contributed by atoms with Gasteiger partial charge < -0.3 is 14.5 Å². The van der Waals surface area contributed by atoms with E-state index >= 15 is 0 Å². The number of hydrogen-bond donors (Lipinski definition) is 0. The van der Waals surface area contributed by atoms with Crippen LogP contribution in [-0.2, 0) is 17.8 Å². The van der Waals surface area contributed by atoms with Crippen molar-refractivity contribution in [3.05, 3.63) is 36.0 Å². The lowest BCUT2D eigenvalue weighted by molar-refractivity contribution is -0.308. The lowest BCUT2D eigenvalue weighted by Gasteiger charge is -2.29. The first kappa shape index (κ1) is 28.6. The van der Waals surface area contributed by atoms with Crippen molar-refractivity contribution in [2.24, 2.45) is 11.8 Å². The number of aryl methyl sites for hydroxylation is 1. The Kier molecular flexibility index (Phi) is 7.95. The van der Waals surface area contributed by atoms with Gasteiger partial charge in [-0.3, -0.25) is 9.58 Å². The maximum absolute atomic E-state index is 12.8. The molecule has 40 heavy (non-hydrogen) atoms. The number of carbonyl (C=O) groups excluding carboxylic acids is 1. The van der Waals surface area contributed by atoms with Crippen LogP contribution in [0.1, 0.15) is 31.7 Å². The first-order valence-electron chi connectivity index (χ1n) is 13.7. The van der Waals surface area contributed by atoms with Crippen molar-refractivity contribution in [2.45, 2.75) is 57.7 Å². The molecule has 3 aliphatic rings. The van der Waals surface area contributed by atoms with Crippen LogP contribution in [0, 0.1) is 11.8 Å². The van der Waals surface area contributed by atoms with Gasteiger partial charge in [0.15, 0.2) is 0 Å². The SMILES string of the molecule is CCn1cc(CN2CC3CN(C(=O)OC(C(F)(F)F)C(F)(F)F)CC3C2)c(-c2cccc(N3CCCCC3)c2)n1. The van der Waals surface area contributed by atoms with Crippen LogP contribution in [0.25, 0.3) is 11.3 Å². The van der Waals surface area contributed by atoms with Gasteiger partial charge in [-0.15, -0.1) is 0 Å². The summed E-state index contributed by atoms with van der Waals surface area (Å²) in [5.74, 6) is -0.121. The van der Waals surface area contributed by atoms with Crippen LogP contribution in [0.2, 0.25) is 0 Å². The van der Waals surface area contributed by atoms with Gasteiger partial charge >= 0.3 is 18.4 Å². The molecule has 0 aliphatic carbocycles. The number of rotatable bonds is 6. The number of amides is 1. The highest BCUT2D eigenvalue weighted by Crippen LogP contribution is 2.38. The van der Waals surface area contributed by atoms with E-state index in [-0.39, 0.29) is 24.9 Å². The fourth-order valence-corrected chi connectivity index (χ4v) is 6.09. The second kappa shape index (κ2) is 11.1. The van der Waals surface area contributed by atoms with Gasteiger partial charge in [-0.05, 0) is 50.2 Å². The summed E-state index contributed by atoms with van der Waals surface area (Å²) in [7, 11) is 0. The molecule has 0 saturated carbocycles. The summed E-state index contributed by atoms with van der Waals surface area (Å²) in [6, 6.07) is 8.39. The van der Waals surface area contributed by atoms with E-state index in [0.717, 1.165) is 34.8 Å². The Morgan fingerprint density at radius 1 is 1.00 bits per heavy atom. The minimum Gasteiger partial charge on any atom is -0.426 e. The number of fused-ring (bicyclic) bond motifs is 1. The molecule has 1 aromatic carbocycles. The van der Waals surface area contributed by atoms with Crippen LogP contribution in [-0.4, -0.2) is 83.4 Å². The van der Waals surface area contributed by atoms with Gasteiger partial charge in [-0.2, -0.15) is 31.4 Å². The summed E-state index contributed by atoms with van der Waals surface area (Å²) in [6.45, 7) is 6.65. The molecule has 3 saturated heterocycles. The zero-order valence-corrected chi connectivity index (χ0v) is 22.2. The molecule has 2 atom stereocenters. The Balaban J connectivity index is 1.23. The number of halogens is 6. The van der Waals surface area contributed by atoms with Crippen LogP contribution in [0.5, 0.6) is 0 Å². The highest BCUT2D eigenvalue weighted by atomic mass is 19.4. The van der Waals surface area contributed by atoms with Crippen LogP contribution in [0.15, 0.2) is 30.5 Å². The van der Waals surface area contributed by atoms with Gasteiger partial charge in [0.25, 0.3) is 6.10 Å². The standard InChI is InChI=1S/C27H33F6N5O2/c1-2-38-17-21(23(34-38)18-7-6-8-22(11-18)36-9-4-3-5-10-36)14-35-12-19-15-37(16-20(19)13-35)25(39)40-24(26(28,29)30)27(31,32)33/h6-8,11,17,19-20,24H,2-5,9-10,12-16H2,1H3. The average Bonchev–Trinajstić information content (AvgIpc) is 3.60. The smallest absolute Gasteiger partial charge is 0.426 e. The maximum Gasteiger partial charge on any atom is 0.434 e. The van der Waals surface area contributed by atoms with E-state index in [9.17, 15) is 31.1 Å². The Hall–Kier alpha value is -2.96. The van der Waals surface area contributed by atoms with Crippen molar-refractivity contribution in [3.8, 4) is 11.3 Å². The lowest BCUT2D eigenvalue weighted by atomic mass is 10.0. The Bertz CT molecular complexity index is 1160. The Morgan fingerprint density at radius 3 is 2.25 bits per heavy atom. The molecule has 2 unspecified atom stereocenters. The van der Waals surface area contributed by atoms with Crippen LogP contribution in [0.4, 0.5) is 36.8 Å². The van der Waals surface area contributed by atoms with E-state index in [1.54, 1.807) is 0 Å². The molecule has 0 radical (unpaired) electrons. The van der Waals surface area contributed by atoms with Gasteiger partial charge in [-0.25, -0.2) is 4.79 Å². The van der Waals surface area contributed by atoms with Crippen molar-refractivity contribution in [1.29, 1.82) is 0 Å². The van der Waals surface area contributed by atoms with E-state index < -0.39 is 24.5 Å². The molecular formula is C27H33F6N5O2. The molecule has 3 aliphatic heterocycles. The molecule has 1 aromatic heterocycles. The normalized spacial score (nSPS) is 22.3. The van der Waals surface area contributed by atoms with Gasteiger partial charge in [0, 0.05) is 75.4 Å². The number of carbonyl (C=O) groups is 1. The van der Waals surface area contributed by atoms with Gasteiger partial charge in [0.05, 0.1) is 5.69 Å². The molecule has 0 spiro atoms. The molecular weight excluding hydrogens is 540 g/mol. The highest BCUT2D eigenvalue weighted by molar-refractivity contribution is 5.69. The fraction of sp³-hybridized carbons (Fsp3) is 0.630. The van der Waals surface area contributed by atoms with E-state index in [1.807, 2.05) is 23.9 Å². The van der Waals surface area contributed by atoms with E-state index in [1.165, 1.54) is 24.9 Å². The molecule has 2 aromatic rings. The third-order valence-corrected chi connectivity index (χ3v) is 8.03. The molecule has 7 nitrogen and oxygen atoms in total. The summed E-state index contributed by atoms with van der Waals surface area (Å²) in [4.78, 5) is 17.8. The number of likely N-dealkylation sites (tertiary alicyclic amines) is 2. The zero-order valence-electron chi connectivity index (χ0n) is 22.2. The van der Waals surface area contributed by atoms with Crippen molar-refractivity contribution in [1.82, 2.24) is 19.6 Å². The lowest BCUT2D eigenvalue weighted by Crippen LogP contribution is -2.48. The predicted octanol–water partition coefficient (Wildman–Crippen LogP) is 5.55. The van der Waals surface area contributed by atoms with Crippen LogP contribution in [0.3, 0.4) is 0 Å². The monoisotopic (exact) mass is 573 g/mol. The molecule has 0 N–H and O–H groups in total. The second-order valence-electron chi connectivity index (χ2n) is 10.9. The number of piperidine rings is 1. The summed E-state index contributed by atoms with van der Waals surface area (Å²) in [5, 5.41) is 4.82. The first-order chi connectivity index (χ1) is 18.9. The Labute approximate surface area is 228 Å².